The average Bonchev–Trinajstić information content (AvgIpc) is 2.29. The van der Waals surface area contributed by atoms with Crippen molar-refractivity contribution in [3.8, 4) is 0 Å². The predicted octanol–water partition coefficient (Wildman–Crippen LogP) is -1.50. The van der Waals surface area contributed by atoms with E-state index in [9.17, 15) is 19.2 Å². The van der Waals surface area contributed by atoms with Crippen LogP contribution >= 0.6 is 0 Å². The number of hydrogen-bond donors (Lipinski definition) is 4. The summed E-state index contributed by atoms with van der Waals surface area (Å²) in [5.41, 5.74) is 0. The molecular weight excluding hydrogens is 244 g/mol. The Kier molecular flexibility index (Phi) is 7.26. The van der Waals surface area contributed by atoms with Crippen molar-refractivity contribution in [1.82, 2.24) is 10.6 Å². The number of carboxylic acid groups (broad SMARTS) is 2. The number of amides is 2. The zero-order chi connectivity index (χ0) is 14.0. The number of aliphatic carboxylic acids is 2. The van der Waals surface area contributed by atoms with E-state index in [0.717, 1.165) is 12.2 Å². The van der Waals surface area contributed by atoms with E-state index >= 15 is 0 Å². The fourth-order valence-corrected chi connectivity index (χ4v) is 0.783. The molecule has 0 bridgehead atoms. The Morgan fingerprint density at radius 2 is 1.06 bits per heavy atom. The van der Waals surface area contributed by atoms with Gasteiger partial charge < -0.3 is 20.8 Å². The number of rotatable bonds is 7. The highest BCUT2D eigenvalue weighted by Crippen LogP contribution is 1.76. The van der Waals surface area contributed by atoms with E-state index in [0.29, 0.717) is 12.2 Å². The third-order valence-electron chi connectivity index (χ3n) is 1.48. The fraction of sp³-hybridized carbons (Fsp3) is 0.200. The second-order valence-corrected chi connectivity index (χ2v) is 2.93. The summed E-state index contributed by atoms with van der Waals surface area (Å²) in [5.74, 6) is -3.69. The molecule has 0 aromatic carbocycles. The van der Waals surface area contributed by atoms with Crippen LogP contribution in [-0.2, 0) is 19.2 Å². The highest BCUT2D eigenvalue weighted by atomic mass is 16.4. The first-order valence-corrected chi connectivity index (χ1v) is 4.79. The maximum absolute atomic E-state index is 10.9. The van der Waals surface area contributed by atoms with Crippen molar-refractivity contribution in [3.63, 3.8) is 0 Å². The fourth-order valence-electron chi connectivity index (χ4n) is 0.783. The molecule has 0 aromatic heterocycles. The molecule has 8 heteroatoms. The first-order chi connectivity index (χ1) is 8.41. The van der Waals surface area contributed by atoms with Crippen molar-refractivity contribution in [2.24, 2.45) is 0 Å². The topological polar surface area (TPSA) is 133 Å². The molecule has 0 saturated heterocycles. The van der Waals surface area contributed by atoms with Crippen LogP contribution in [0.5, 0.6) is 0 Å². The normalized spacial score (nSPS) is 10.4. The summed E-state index contributed by atoms with van der Waals surface area (Å²) >= 11 is 0. The van der Waals surface area contributed by atoms with Gasteiger partial charge in [0.15, 0.2) is 0 Å². The largest absolute Gasteiger partial charge is 0.478 e. The minimum absolute atomic E-state index is 0.0927. The molecule has 0 aromatic rings. The summed E-state index contributed by atoms with van der Waals surface area (Å²) < 4.78 is 0. The number of carbonyl (C=O) groups excluding carboxylic acids is 2. The number of carbonyl (C=O) groups is 4. The van der Waals surface area contributed by atoms with Gasteiger partial charge in [-0.3, -0.25) is 9.59 Å². The van der Waals surface area contributed by atoms with E-state index in [1.165, 1.54) is 0 Å². The Labute approximate surface area is 102 Å². The van der Waals surface area contributed by atoms with Gasteiger partial charge in [-0.1, -0.05) is 0 Å². The summed E-state index contributed by atoms with van der Waals surface area (Å²) in [4.78, 5) is 42.0. The zero-order valence-corrected chi connectivity index (χ0v) is 9.25. The van der Waals surface area contributed by atoms with Crippen LogP contribution in [-0.4, -0.2) is 47.1 Å². The molecule has 98 valence electrons. The highest BCUT2D eigenvalue weighted by molar-refractivity contribution is 5.94. The van der Waals surface area contributed by atoms with Crippen molar-refractivity contribution < 1.29 is 29.4 Å². The summed E-state index contributed by atoms with van der Waals surface area (Å²) in [6, 6.07) is 0. The Hall–Kier alpha value is -2.64. The Balaban J connectivity index is 3.74. The molecule has 0 fully saturated rings. The third kappa shape index (κ3) is 9.90. The molecule has 18 heavy (non-hydrogen) atoms. The summed E-state index contributed by atoms with van der Waals surface area (Å²) in [5, 5.41) is 21.1. The van der Waals surface area contributed by atoms with E-state index < -0.39 is 23.8 Å². The van der Waals surface area contributed by atoms with Crippen molar-refractivity contribution in [1.29, 1.82) is 0 Å². The minimum atomic E-state index is -1.24. The molecule has 4 N–H and O–H groups in total. The quantitative estimate of drug-likeness (QED) is 0.323. The van der Waals surface area contributed by atoms with Gasteiger partial charge in [0.2, 0.25) is 11.8 Å². The minimum Gasteiger partial charge on any atom is -0.478 e. The highest BCUT2D eigenvalue weighted by Gasteiger charge is 1.98. The van der Waals surface area contributed by atoms with Crippen molar-refractivity contribution in [2.75, 3.05) is 13.1 Å². The van der Waals surface area contributed by atoms with E-state index in [1.54, 1.807) is 0 Å². The molecule has 8 nitrogen and oxygen atoms in total. The standard InChI is InChI=1S/C10H12N2O6/c13-7(1-3-9(15)16)11-5-6-12-8(14)2-4-10(17)18/h1-4H,5-6H2,(H,11,13)(H,12,14)(H,15,16)(H,17,18). The maximum atomic E-state index is 10.9. The van der Waals surface area contributed by atoms with Crippen LogP contribution in [0.1, 0.15) is 0 Å². The molecular formula is C10H12N2O6. The number of carboxylic acids is 2. The lowest BCUT2D eigenvalue weighted by atomic mass is 10.4. The second-order valence-electron chi connectivity index (χ2n) is 2.93. The van der Waals surface area contributed by atoms with Gasteiger partial charge in [0.1, 0.15) is 0 Å². The molecule has 0 unspecified atom stereocenters. The van der Waals surface area contributed by atoms with Gasteiger partial charge in [-0.2, -0.15) is 0 Å². The molecule has 0 radical (unpaired) electrons. The van der Waals surface area contributed by atoms with Gasteiger partial charge in [-0.25, -0.2) is 9.59 Å². The smallest absolute Gasteiger partial charge is 0.328 e. The first kappa shape index (κ1) is 15.4. The Morgan fingerprint density at radius 3 is 1.33 bits per heavy atom. The van der Waals surface area contributed by atoms with E-state index in [2.05, 4.69) is 10.6 Å². The molecule has 0 spiro atoms. The molecule has 0 saturated carbocycles. The first-order valence-electron chi connectivity index (χ1n) is 4.79. The van der Waals surface area contributed by atoms with Crippen LogP contribution in [0.3, 0.4) is 0 Å². The van der Waals surface area contributed by atoms with Gasteiger partial charge in [0.25, 0.3) is 0 Å². The Morgan fingerprint density at radius 1 is 0.722 bits per heavy atom. The molecule has 0 rings (SSSR count). The van der Waals surface area contributed by atoms with Crippen molar-refractivity contribution >= 4 is 23.8 Å². The van der Waals surface area contributed by atoms with E-state index in [4.69, 9.17) is 10.2 Å². The lowest BCUT2D eigenvalue weighted by Gasteiger charge is -2.02. The van der Waals surface area contributed by atoms with E-state index in [1.807, 2.05) is 0 Å². The van der Waals surface area contributed by atoms with Crippen molar-refractivity contribution in [2.45, 2.75) is 0 Å². The SMILES string of the molecule is O=C(O)C=CC(=O)NCCNC(=O)C=CC(=O)O. The second kappa shape index (κ2) is 8.50. The van der Waals surface area contributed by atoms with Gasteiger partial charge in [0, 0.05) is 37.4 Å². The lowest BCUT2D eigenvalue weighted by Crippen LogP contribution is -2.33. The van der Waals surface area contributed by atoms with Crippen LogP contribution in [0.2, 0.25) is 0 Å². The Bertz CT molecular complexity index is 361. The van der Waals surface area contributed by atoms with Crippen LogP contribution in [0.4, 0.5) is 0 Å². The van der Waals surface area contributed by atoms with Gasteiger partial charge >= 0.3 is 11.9 Å². The summed E-state index contributed by atoms with van der Waals surface area (Å²) in [6.45, 7) is 0.185. The summed E-state index contributed by atoms with van der Waals surface area (Å²) in [7, 11) is 0. The zero-order valence-electron chi connectivity index (χ0n) is 9.25. The average molecular weight is 256 g/mol. The molecule has 0 atom stereocenters. The van der Waals surface area contributed by atoms with Crippen molar-refractivity contribution in [3.05, 3.63) is 24.3 Å². The van der Waals surface area contributed by atoms with Crippen LogP contribution in [0, 0.1) is 0 Å². The maximum Gasteiger partial charge on any atom is 0.328 e. The van der Waals surface area contributed by atoms with Gasteiger partial charge in [-0.15, -0.1) is 0 Å². The van der Waals surface area contributed by atoms with Gasteiger partial charge in [-0.05, 0) is 0 Å². The monoisotopic (exact) mass is 256 g/mol. The molecule has 0 heterocycles. The van der Waals surface area contributed by atoms with E-state index in [-0.39, 0.29) is 13.1 Å². The van der Waals surface area contributed by atoms with Crippen LogP contribution < -0.4 is 10.6 Å². The summed E-state index contributed by atoms with van der Waals surface area (Å²) in [6.07, 6.45) is 3.05. The molecule has 0 aliphatic carbocycles. The van der Waals surface area contributed by atoms with Crippen LogP contribution in [0.15, 0.2) is 24.3 Å². The molecule has 0 aliphatic rings. The molecule has 2 amide bonds. The van der Waals surface area contributed by atoms with Crippen LogP contribution in [0.25, 0.3) is 0 Å². The number of hydrogen-bond acceptors (Lipinski definition) is 4. The number of nitrogens with one attached hydrogen (secondary N) is 2. The predicted molar refractivity (Wildman–Crippen MR) is 59.6 cm³/mol. The van der Waals surface area contributed by atoms with Gasteiger partial charge in [0.05, 0.1) is 0 Å². The third-order valence-corrected chi connectivity index (χ3v) is 1.48. The lowest BCUT2D eigenvalue weighted by molar-refractivity contribution is -0.132. The molecule has 0 aliphatic heterocycles.